The minimum atomic E-state index is -0.254. The summed E-state index contributed by atoms with van der Waals surface area (Å²) in [6.45, 7) is 8.03. The second-order valence-corrected chi connectivity index (χ2v) is 9.00. The van der Waals surface area contributed by atoms with Gasteiger partial charge in [0.05, 0.1) is 16.2 Å². The third-order valence-electron chi connectivity index (χ3n) is 5.67. The van der Waals surface area contributed by atoms with E-state index in [4.69, 9.17) is 0 Å². The number of benzene rings is 3. The molecule has 3 nitrogen and oxygen atoms in total. The molecule has 1 aliphatic rings. The number of thioether (sulfide) groups is 1. The zero-order valence-electron chi connectivity index (χ0n) is 18.2. The summed E-state index contributed by atoms with van der Waals surface area (Å²) in [6, 6.07) is 21.7. The number of nitrogens with zero attached hydrogens (tertiary/aromatic N) is 1. The summed E-state index contributed by atoms with van der Waals surface area (Å²) >= 11 is 1.44. The number of aryl methyl sites for hydroxylation is 4. The number of amides is 2. The van der Waals surface area contributed by atoms with Crippen molar-refractivity contribution in [3.05, 3.63) is 105 Å². The van der Waals surface area contributed by atoms with Gasteiger partial charge in [-0.3, -0.25) is 9.59 Å². The Morgan fingerprint density at radius 3 is 2.16 bits per heavy atom. The van der Waals surface area contributed by atoms with Gasteiger partial charge in [0.1, 0.15) is 0 Å². The first kappa shape index (κ1) is 21.1. The fourth-order valence-electron chi connectivity index (χ4n) is 3.80. The molecule has 0 radical (unpaired) electrons. The number of carbonyl (C=O) groups is 2. The standard InChI is InChI=1S/C27H25NO2S/c1-17-10-13-23(20(4)14-17)24-25(31-16-21-8-6-5-7-9-21)27(30)28(26(24)29)22-12-11-18(2)19(3)15-22/h5-15H,16H2,1-4H3. The molecule has 0 fully saturated rings. The summed E-state index contributed by atoms with van der Waals surface area (Å²) in [5, 5.41) is 0. The predicted octanol–water partition coefficient (Wildman–Crippen LogP) is 6.14. The monoisotopic (exact) mass is 427 g/mol. The van der Waals surface area contributed by atoms with Crippen molar-refractivity contribution in [1.82, 2.24) is 0 Å². The Kier molecular flexibility index (Phi) is 5.84. The van der Waals surface area contributed by atoms with Gasteiger partial charge < -0.3 is 0 Å². The zero-order valence-corrected chi connectivity index (χ0v) is 19.0. The number of anilines is 1. The number of carbonyl (C=O) groups excluding carboxylic acids is 2. The maximum absolute atomic E-state index is 13.6. The van der Waals surface area contributed by atoms with Crippen LogP contribution < -0.4 is 4.90 Å². The molecule has 4 heteroatoms. The van der Waals surface area contributed by atoms with Crippen molar-refractivity contribution in [3.8, 4) is 0 Å². The SMILES string of the molecule is Cc1ccc(C2=C(SCc3ccccc3)C(=O)N(c3ccc(C)c(C)c3)C2=O)c(C)c1. The normalized spacial score (nSPS) is 14.0. The molecule has 0 aromatic heterocycles. The van der Waals surface area contributed by atoms with E-state index >= 15 is 0 Å². The van der Waals surface area contributed by atoms with E-state index in [1.165, 1.54) is 16.7 Å². The molecule has 3 aromatic rings. The third kappa shape index (κ3) is 4.08. The van der Waals surface area contributed by atoms with Crippen LogP contribution in [0.2, 0.25) is 0 Å². The predicted molar refractivity (Wildman–Crippen MR) is 129 cm³/mol. The fourth-order valence-corrected chi connectivity index (χ4v) is 4.86. The fraction of sp³-hybridized carbons (Fsp3) is 0.185. The molecule has 4 rings (SSSR count). The van der Waals surface area contributed by atoms with Crippen LogP contribution in [0, 0.1) is 27.7 Å². The van der Waals surface area contributed by atoms with E-state index in [0.717, 1.165) is 33.4 Å². The highest BCUT2D eigenvalue weighted by Gasteiger charge is 2.40. The van der Waals surface area contributed by atoms with E-state index in [9.17, 15) is 9.59 Å². The van der Waals surface area contributed by atoms with Crippen LogP contribution >= 0.6 is 11.8 Å². The van der Waals surface area contributed by atoms with Crippen molar-refractivity contribution in [2.45, 2.75) is 33.4 Å². The van der Waals surface area contributed by atoms with Gasteiger partial charge in [0, 0.05) is 5.75 Å². The molecular formula is C27H25NO2S. The average molecular weight is 428 g/mol. The van der Waals surface area contributed by atoms with Gasteiger partial charge in [-0.1, -0.05) is 60.2 Å². The van der Waals surface area contributed by atoms with Crippen molar-refractivity contribution >= 4 is 34.8 Å². The molecular weight excluding hydrogens is 402 g/mol. The molecule has 0 saturated carbocycles. The Hall–Kier alpha value is -3.11. The Labute approximate surface area is 187 Å². The van der Waals surface area contributed by atoms with Gasteiger partial charge in [-0.2, -0.15) is 0 Å². The van der Waals surface area contributed by atoms with Crippen molar-refractivity contribution in [2.24, 2.45) is 0 Å². The molecule has 156 valence electrons. The molecule has 0 aliphatic carbocycles. The van der Waals surface area contributed by atoms with Crippen molar-refractivity contribution < 1.29 is 9.59 Å². The molecule has 0 spiro atoms. The van der Waals surface area contributed by atoms with E-state index in [0.29, 0.717) is 21.9 Å². The van der Waals surface area contributed by atoms with E-state index in [1.54, 1.807) is 0 Å². The highest BCUT2D eigenvalue weighted by Crippen LogP contribution is 2.40. The second-order valence-electron chi connectivity index (χ2n) is 8.01. The van der Waals surface area contributed by atoms with Crippen molar-refractivity contribution in [2.75, 3.05) is 4.90 Å². The van der Waals surface area contributed by atoms with Crippen LogP contribution in [0.3, 0.4) is 0 Å². The molecule has 2 amide bonds. The van der Waals surface area contributed by atoms with Gasteiger partial charge in [-0.05, 0) is 67.6 Å². The van der Waals surface area contributed by atoms with Crippen LogP contribution in [-0.2, 0) is 15.3 Å². The number of rotatable bonds is 5. The van der Waals surface area contributed by atoms with Gasteiger partial charge >= 0.3 is 0 Å². The van der Waals surface area contributed by atoms with Crippen LogP contribution in [0.25, 0.3) is 5.57 Å². The van der Waals surface area contributed by atoms with Crippen LogP contribution in [0.15, 0.2) is 71.6 Å². The highest BCUT2D eigenvalue weighted by molar-refractivity contribution is 8.03. The molecule has 0 N–H and O–H groups in total. The van der Waals surface area contributed by atoms with Gasteiger partial charge in [0.2, 0.25) is 0 Å². The quantitative estimate of drug-likeness (QED) is 0.459. The lowest BCUT2D eigenvalue weighted by Gasteiger charge is -2.17. The van der Waals surface area contributed by atoms with Gasteiger partial charge in [-0.25, -0.2) is 4.90 Å². The smallest absolute Gasteiger partial charge is 0.268 e. The third-order valence-corrected chi connectivity index (χ3v) is 6.81. The van der Waals surface area contributed by atoms with Crippen molar-refractivity contribution in [3.63, 3.8) is 0 Å². The lowest BCUT2D eigenvalue weighted by atomic mass is 9.98. The number of hydrogen-bond acceptors (Lipinski definition) is 3. The van der Waals surface area contributed by atoms with E-state index in [1.807, 2.05) is 88.4 Å². The van der Waals surface area contributed by atoms with Crippen molar-refractivity contribution in [1.29, 1.82) is 0 Å². The summed E-state index contributed by atoms with van der Waals surface area (Å²) in [5.74, 6) is 0.129. The zero-order chi connectivity index (χ0) is 22.1. The highest BCUT2D eigenvalue weighted by atomic mass is 32.2. The maximum Gasteiger partial charge on any atom is 0.272 e. The van der Waals surface area contributed by atoms with Crippen LogP contribution in [0.1, 0.15) is 33.4 Å². The van der Waals surface area contributed by atoms with E-state index < -0.39 is 0 Å². The molecule has 1 heterocycles. The number of hydrogen-bond donors (Lipinski definition) is 0. The Balaban J connectivity index is 1.79. The second kappa shape index (κ2) is 8.56. The Morgan fingerprint density at radius 2 is 1.48 bits per heavy atom. The first-order valence-electron chi connectivity index (χ1n) is 10.3. The molecule has 0 unspecified atom stereocenters. The molecule has 0 saturated heterocycles. The van der Waals surface area contributed by atoms with Gasteiger partial charge in [0.25, 0.3) is 11.8 Å². The summed E-state index contributed by atoms with van der Waals surface area (Å²) in [7, 11) is 0. The average Bonchev–Trinajstić information content (AvgIpc) is 2.99. The lowest BCUT2D eigenvalue weighted by molar-refractivity contribution is -0.119. The molecule has 0 atom stereocenters. The molecule has 0 bridgehead atoms. The largest absolute Gasteiger partial charge is 0.272 e. The Morgan fingerprint density at radius 1 is 0.742 bits per heavy atom. The van der Waals surface area contributed by atoms with Crippen LogP contribution in [0.5, 0.6) is 0 Å². The Bertz CT molecular complexity index is 1210. The summed E-state index contributed by atoms with van der Waals surface area (Å²) in [6.07, 6.45) is 0. The summed E-state index contributed by atoms with van der Waals surface area (Å²) < 4.78 is 0. The first-order valence-corrected chi connectivity index (χ1v) is 11.3. The topological polar surface area (TPSA) is 37.4 Å². The summed E-state index contributed by atoms with van der Waals surface area (Å²) in [5.41, 5.74) is 7.37. The van der Waals surface area contributed by atoms with Crippen LogP contribution in [0.4, 0.5) is 5.69 Å². The van der Waals surface area contributed by atoms with Gasteiger partial charge in [0.15, 0.2) is 0 Å². The van der Waals surface area contributed by atoms with E-state index in [-0.39, 0.29) is 11.8 Å². The molecule has 1 aliphatic heterocycles. The molecule has 3 aromatic carbocycles. The molecule has 31 heavy (non-hydrogen) atoms. The maximum atomic E-state index is 13.6. The lowest BCUT2D eigenvalue weighted by Crippen LogP contribution is -2.31. The first-order chi connectivity index (χ1) is 14.9. The number of imide groups is 1. The van der Waals surface area contributed by atoms with E-state index in [2.05, 4.69) is 6.07 Å². The van der Waals surface area contributed by atoms with Crippen LogP contribution in [-0.4, -0.2) is 11.8 Å². The minimum absolute atomic E-state index is 0.246. The minimum Gasteiger partial charge on any atom is -0.268 e. The summed E-state index contributed by atoms with van der Waals surface area (Å²) in [4.78, 5) is 29.0. The van der Waals surface area contributed by atoms with Gasteiger partial charge in [-0.15, -0.1) is 11.8 Å².